The van der Waals surface area contributed by atoms with E-state index in [2.05, 4.69) is 26.6 Å². The molecule has 0 aliphatic carbocycles. The van der Waals surface area contributed by atoms with E-state index < -0.39 is 17.8 Å². The Morgan fingerprint density at radius 3 is 2.41 bits per heavy atom. The van der Waals surface area contributed by atoms with Crippen LogP contribution in [0.1, 0.15) is 38.7 Å². The first kappa shape index (κ1) is 26.2. The molecule has 10 heteroatoms. The molecule has 0 unspecified atom stereocenters. The molecule has 206 valence electrons. The lowest BCUT2D eigenvalue weighted by molar-refractivity contribution is -0.142. The van der Waals surface area contributed by atoms with Crippen LogP contribution < -0.4 is 5.32 Å². The molecule has 0 aliphatic rings. The van der Waals surface area contributed by atoms with Crippen LogP contribution >= 0.6 is 0 Å². The summed E-state index contributed by atoms with van der Waals surface area (Å²) in [5, 5.41) is 13.2. The van der Waals surface area contributed by atoms with Crippen LogP contribution in [-0.4, -0.2) is 30.3 Å². The highest BCUT2D eigenvalue weighted by molar-refractivity contribution is 6.04. The van der Waals surface area contributed by atoms with Crippen molar-refractivity contribution < 1.29 is 18.0 Å². The Morgan fingerprint density at radius 2 is 1.66 bits per heavy atom. The van der Waals surface area contributed by atoms with Gasteiger partial charge in [0.15, 0.2) is 17.0 Å². The molecule has 3 aromatic heterocycles. The summed E-state index contributed by atoms with van der Waals surface area (Å²) in [6.07, 6.45) is -4.73. The predicted octanol–water partition coefficient (Wildman–Crippen LogP) is 6.99. The number of carbonyl (C=O) groups excluding carboxylic acids is 1. The van der Waals surface area contributed by atoms with Crippen molar-refractivity contribution in [3.05, 3.63) is 113 Å². The lowest BCUT2D eigenvalue weighted by Gasteiger charge is -2.11. The molecule has 0 bridgehead atoms. The number of aryl methyl sites for hydroxylation is 2. The third kappa shape index (κ3) is 5.04. The molecular formula is C31H25F3N6O. The topological polar surface area (TPSA) is 77.1 Å². The van der Waals surface area contributed by atoms with Crippen LogP contribution in [0.5, 0.6) is 0 Å². The maximum Gasteiger partial charge on any atom is 0.433 e. The average Bonchev–Trinajstić information content (AvgIpc) is 3.48. The van der Waals surface area contributed by atoms with Gasteiger partial charge in [-0.3, -0.25) is 9.48 Å². The maximum atomic E-state index is 14.1. The predicted molar refractivity (Wildman–Crippen MR) is 151 cm³/mol. The van der Waals surface area contributed by atoms with E-state index >= 15 is 0 Å². The highest BCUT2D eigenvalue weighted by Crippen LogP contribution is 2.33. The van der Waals surface area contributed by atoms with Gasteiger partial charge >= 0.3 is 6.18 Å². The fraction of sp³-hybridized carbons (Fsp3) is 0.161. The summed E-state index contributed by atoms with van der Waals surface area (Å²) in [5.41, 5.74) is 3.32. The zero-order valence-electron chi connectivity index (χ0n) is 22.5. The molecule has 41 heavy (non-hydrogen) atoms. The van der Waals surface area contributed by atoms with E-state index in [1.807, 2.05) is 62.4 Å². The monoisotopic (exact) mass is 554 g/mol. The Morgan fingerprint density at radius 1 is 0.878 bits per heavy atom. The summed E-state index contributed by atoms with van der Waals surface area (Å²) in [7, 11) is 0. The maximum absolute atomic E-state index is 14.1. The Labute approximate surface area is 233 Å². The van der Waals surface area contributed by atoms with Crippen LogP contribution in [0.2, 0.25) is 0 Å². The molecule has 0 atom stereocenters. The fourth-order valence-electron chi connectivity index (χ4n) is 4.98. The number of rotatable bonds is 5. The van der Waals surface area contributed by atoms with Crippen molar-refractivity contribution in [1.82, 2.24) is 24.4 Å². The van der Waals surface area contributed by atoms with Crippen molar-refractivity contribution in [3.63, 3.8) is 0 Å². The third-order valence-corrected chi connectivity index (χ3v) is 7.03. The van der Waals surface area contributed by atoms with Crippen LogP contribution in [0.15, 0.2) is 78.9 Å². The summed E-state index contributed by atoms with van der Waals surface area (Å²) in [5.74, 6) is -0.655. The minimum absolute atomic E-state index is 0.0864. The second-order valence-electron chi connectivity index (χ2n) is 10.0. The van der Waals surface area contributed by atoms with E-state index in [-0.39, 0.29) is 17.0 Å². The van der Waals surface area contributed by atoms with E-state index in [1.54, 1.807) is 23.7 Å². The van der Waals surface area contributed by atoms with E-state index in [9.17, 15) is 18.0 Å². The van der Waals surface area contributed by atoms with Gasteiger partial charge in [-0.05, 0) is 49.2 Å². The van der Waals surface area contributed by atoms with Crippen LogP contribution in [0, 0.1) is 20.8 Å². The summed E-state index contributed by atoms with van der Waals surface area (Å²) in [4.78, 5) is 17.7. The van der Waals surface area contributed by atoms with Gasteiger partial charge in [0.1, 0.15) is 0 Å². The highest BCUT2D eigenvalue weighted by atomic mass is 19.4. The number of aromatic nitrogens is 5. The number of hydrogen-bond donors (Lipinski definition) is 1. The molecule has 0 radical (unpaired) electrons. The summed E-state index contributed by atoms with van der Waals surface area (Å²) >= 11 is 0. The number of benzene rings is 3. The molecule has 7 nitrogen and oxygen atoms in total. The van der Waals surface area contributed by atoms with Crippen molar-refractivity contribution in [2.24, 2.45) is 0 Å². The molecule has 3 heterocycles. The first-order chi connectivity index (χ1) is 19.6. The smallest absolute Gasteiger partial charge is 0.317 e. The SMILES string of the molecule is Cc1cccc(Cn2nc(C)c(NC(=O)c3cc4nc(-c5ccc6ccccc6c5)cc(C(F)(F)F)n4n3)c2C)c1. The molecule has 0 spiro atoms. The van der Waals surface area contributed by atoms with Crippen LogP contribution in [-0.2, 0) is 12.7 Å². The number of nitrogens with one attached hydrogen (secondary N) is 1. The second-order valence-corrected chi connectivity index (χ2v) is 10.0. The lowest BCUT2D eigenvalue weighted by atomic mass is 10.0. The molecule has 0 saturated heterocycles. The number of hydrogen-bond acceptors (Lipinski definition) is 4. The first-order valence-electron chi connectivity index (χ1n) is 12.9. The molecule has 6 rings (SSSR count). The van der Waals surface area contributed by atoms with Crippen LogP contribution in [0.25, 0.3) is 27.7 Å². The number of anilines is 1. The van der Waals surface area contributed by atoms with Gasteiger partial charge in [-0.2, -0.15) is 23.4 Å². The largest absolute Gasteiger partial charge is 0.433 e. The normalized spacial score (nSPS) is 11.9. The fourth-order valence-corrected chi connectivity index (χ4v) is 4.98. The second kappa shape index (κ2) is 9.88. The van der Waals surface area contributed by atoms with Crippen molar-refractivity contribution in [2.75, 3.05) is 5.32 Å². The number of fused-ring (bicyclic) bond motifs is 2. The standard InChI is InChI=1S/C31H25F3N6O/c1-18-7-6-8-21(13-18)17-39-20(3)29(19(2)37-39)36-30(41)26-16-28-35-25(15-27(31(32,33)34)40(28)38-26)24-12-11-22-9-4-5-10-23(22)14-24/h4-16H,17H2,1-3H3,(H,36,41). The minimum Gasteiger partial charge on any atom is -0.317 e. The molecule has 1 amide bonds. The Balaban J connectivity index is 1.34. The Hall–Kier alpha value is -4.99. The molecular weight excluding hydrogens is 529 g/mol. The zero-order chi connectivity index (χ0) is 28.9. The molecule has 1 N–H and O–H groups in total. The van der Waals surface area contributed by atoms with Gasteiger partial charge in [-0.25, -0.2) is 9.50 Å². The molecule has 0 fully saturated rings. The van der Waals surface area contributed by atoms with Gasteiger partial charge < -0.3 is 5.32 Å². The molecule has 0 saturated carbocycles. The quantitative estimate of drug-likeness (QED) is 0.249. The van der Waals surface area contributed by atoms with E-state index in [0.717, 1.165) is 28.0 Å². The van der Waals surface area contributed by atoms with Crippen LogP contribution in [0.3, 0.4) is 0 Å². The number of nitrogens with zero attached hydrogens (tertiary/aromatic N) is 5. The number of amides is 1. The van der Waals surface area contributed by atoms with Gasteiger partial charge in [-0.1, -0.05) is 66.2 Å². The number of alkyl halides is 3. The van der Waals surface area contributed by atoms with E-state index in [1.165, 1.54) is 6.07 Å². The Kier molecular flexibility index (Phi) is 6.33. The highest BCUT2D eigenvalue weighted by Gasteiger charge is 2.36. The van der Waals surface area contributed by atoms with Crippen molar-refractivity contribution in [1.29, 1.82) is 0 Å². The summed E-state index contributed by atoms with van der Waals surface area (Å²) < 4.78 is 44.9. The van der Waals surface area contributed by atoms with Gasteiger partial charge in [0, 0.05) is 11.6 Å². The number of carbonyl (C=O) groups is 1. The third-order valence-electron chi connectivity index (χ3n) is 7.03. The Bertz CT molecular complexity index is 1950. The zero-order valence-corrected chi connectivity index (χ0v) is 22.5. The van der Waals surface area contributed by atoms with Crippen LogP contribution in [0.4, 0.5) is 18.9 Å². The molecule has 6 aromatic rings. The summed E-state index contributed by atoms with van der Waals surface area (Å²) in [6.45, 7) is 6.11. The molecule has 0 aliphatic heterocycles. The van der Waals surface area contributed by atoms with Gasteiger partial charge in [-0.15, -0.1) is 0 Å². The van der Waals surface area contributed by atoms with Gasteiger partial charge in [0.05, 0.1) is 29.3 Å². The minimum atomic E-state index is -4.73. The van der Waals surface area contributed by atoms with E-state index in [0.29, 0.717) is 33.7 Å². The lowest BCUT2D eigenvalue weighted by Crippen LogP contribution is -2.16. The van der Waals surface area contributed by atoms with E-state index in [4.69, 9.17) is 0 Å². The van der Waals surface area contributed by atoms with Crippen molar-refractivity contribution in [2.45, 2.75) is 33.5 Å². The van der Waals surface area contributed by atoms with Crippen molar-refractivity contribution in [3.8, 4) is 11.3 Å². The summed E-state index contributed by atoms with van der Waals surface area (Å²) in [6, 6.07) is 23.2. The average molecular weight is 555 g/mol. The first-order valence-corrected chi connectivity index (χ1v) is 12.9. The number of halogens is 3. The van der Waals surface area contributed by atoms with Gasteiger partial charge in [0.2, 0.25) is 0 Å². The van der Waals surface area contributed by atoms with Gasteiger partial charge in [0.25, 0.3) is 5.91 Å². The molecule has 3 aromatic carbocycles. The van der Waals surface area contributed by atoms with Crippen molar-refractivity contribution >= 4 is 28.0 Å².